The second-order valence-electron chi connectivity index (χ2n) is 9.43. The van der Waals surface area contributed by atoms with Gasteiger partial charge in [0.25, 0.3) is 0 Å². The van der Waals surface area contributed by atoms with Gasteiger partial charge >= 0.3 is 5.97 Å². The highest BCUT2D eigenvalue weighted by Crippen LogP contribution is 2.43. The number of esters is 1. The smallest absolute Gasteiger partial charge is 0.311 e. The molecule has 1 heterocycles. The average molecular weight is 521 g/mol. The summed E-state index contributed by atoms with van der Waals surface area (Å²) in [5.41, 5.74) is 0.996. The molecular formula is C31H38NO6+. The van der Waals surface area contributed by atoms with Crippen LogP contribution in [0.15, 0.2) is 36.5 Å². The number of ether oxygens (including phenoxy) is 5. The van der Waals surface area contributed by atoms with Crippen LogP contribution >= 0.6 is 0 Å². The molecule has 7 heteroatoms. The van der Waals surface area contributed by atoms with Gasteiger partial charge in [-0.1, -0.05) is 32.6 Å². The minimum atomic E-state index is -0.254. The fraction of sp³-hybridized carbons (Fsp3) is 0.419. The molecule has 0 fully saturated rings. The van der Waals surface area contributed by atoms with Gasteiger partial charge in [0.05, 0.1) is 44.1 Å². The first-order valence-electron chi connectivity index (χ1n) is 13.3. The Kier molecular flexibility index (Phi) is 8.77. The first kappa shape index (κ1) is 27.3. The van der Waals surface area contributed by atoms with E-state index in [0.29, 0.717) is 41.8 Å². The maximum Gasteiger partial charge on any atom is 0.311 e. The van der Waals surface area contributed by atoms with Crippen LogP contribution in [0.2, 0.25) is 0 Å². The standard InChI is InChI=1S/C31H38NO6/c1-7-9-10-11-12-13-30(33)38-29-16-22-24(18-28(29)36-6)31-23(17-25(22)37-8-2)21-15-27(35-5)26(34-4)14-20(21)19-32(31)3/h14-19H,7-13H2,1-6H3/q+1. The summed E-state index contributed by atoms with van der Waals surface area (Å²) < 4.78 is 30.8. The van der Waals surface area contributed by atoms with E-state index in [4.69, 9.17) is 23.7 Å². The summed E-state index contributed by atoms with van der Waals surface area (Å²) in [6.45, 7) is 4.63. The monoisotopic (exact) mass is 520 g/mol. The van der Waals surface area contributed by atoms with Crippen molar-refractivity contribution >= 4 is 38.4 Å². The topological polar surface area (TPSA) is 67.1 Å². The molecule has 1 aromatic heterocycles. The molecule has 0 aliphatic rings. The van der Waals surface area contributed by atoms with E-state index in [0.717, 1.165) is 51.7 Å². The summed E-state index contributed by atoms with van der Waals surface area (Å²) >= 11 is 0. The minimum absolute atomic E-state index is 0.254. The van der Waals surface area contributed by atoms with E-state index < -0.39 is 0 Å². The third-order valence-electron chi connectivity index (χ3n) is 6.89. The highest BCUT2D eigenvalue weighted by molar-refractivity contribution is 6.16. The molecule has 3 aromatic carbocycles. The van der Waals surface area contributed by atoms with Crippen molar-refractivity contribution in [3.63, 3.8) is 0 Å². The number of aryl methyl sites for hydroxylation is 1. The van der Waals surface area contributed by atoms with Gasteiger partial charge in [-0.3, -0.25) is 4.79 Å². The zero-order chi connectivity index (χ0) is 27.2. The third kappa shape index (κ3) is 5.42. The maximum atomic E-state index is 12.7. The summed E-state index contributed by atoms with van der Waals surface area (Å²) in [5.74, 6) is 2.67. The number of pyridine rings is 1. The van der Waals surface area contributed by atoms with E-state index in [2.05, 4.69) is 17.7 Å². The molecule has 7 nitrogen and oxygen atoms in total. The van der Waals surface area contributed by atoms with E-state index in [1.165, 1.54) is 12.8 Å². The van der Waals surface area contributed by atoms with Gasteiger partial charge in [0, 0.05) is 17.2 Å². The lowest BCUT2D eigenvalue weighted by Crippen LogP contribution is -2.28. The molecule has 202 valence electrons. The minimum Gasteiger partial charge on any atom is -0.493 e. The third-order valence-corrected chi connectivity index (χ3v) is 6.89. The van der Waals surface area contributed by atoms with Crippen molar-refractivity contribution in [1.82, 2.24) is 0 Å². The van der Waals surface area contributed by atoms with Gasteiger partial charge in [-0.15, -0.1) is 0 Å². The number of rotatable bonds is 12. The van der Waals surface area contributed by atoms with Gasteiger partial charge in [-0.25, -0.2) is 0 Å². The molecule has 0 atom stereocenters. The number of fused-ring (bicyclic) bond motifs is 5. The molecule has 0 aliphatic carbocycles. The Hall–Kier alpha value is -3.74. The Morgan fingerprint density at radius 1 is 0.711 bits per heavy atom. The summed E-state index contributed by atoms with van der Waals surface area (Å²) in [5, 5.41) is 4.80. The molecule has 0 amide bonds. The van der Waals surface area contributed by atoms with Crippen LogP contribution in [0.4, 0.5) is 0 Å². The van der Waals surface area contributed by atoms with Gasteiger partial charge in [-0.2, -0.15) is 4.57 Å². The number of benzene rings is 3. The normalized spacial score (nSPS) is 11.2. The summed E-state index contributed by atoms with van der Waals surface area (Å²) in [6.07, 6.45) is 7.80. The fourth-order valence-electron chi connectivity index (χ4n) is 5.04. The van der Waals surface area contributed by atoms with Crippen LogP contribution in [0.1, 0.15) is 52.4 Å². The summed E-state index contributed by atoms with van der Waals surface area (Å²) in [6, 6.07) is 9.79. The Morgan fingerprint density at radius 2 is 1.29 bits per heavy atom. The molecule has 0 spiro atoms. The Morgan fingerprint density at radius 3 is 1.97 bits per heavy atom. The van der Waals surface area contributed by atoms with Crippen LogP contribution in [0.5, 0.6) is 28.7 Å². The van der Waals surface area contributed by atoms with Gasteiger partial charge in [0.2, 0.25) is 5.52 Å². The maximum absolute atomic E-state index is 12.7. The zero-order valence-electron chi connectivity index (χ0n) is 23.3. The molecule has 0 unspecified atom stereocenters. The van der Waals surface area contributed by atoms with Crippen molar-refractivity contribution in [2.24, 2.45) is 7.05 Å². The van der Waals surface area contributed by atoms with Crippen LogP contribution in [-0.4, -0.2) is 33.9 Å². The lowest BCUT2D eigenvalue weighted by Gasteiger charge is -2.16. The number of carbonyl (C=O) groups is 1. The van der Waals surface area contributed by atoms with Gasteiger partial charge in [0.15, 0.2) is 29.2 Å². The number of nitrogens with zero attached hydrogens (tertiary/aromatic N) is 1. The van der Waals surface area contributed by atoms with E-state index in [-0.39, 0.29) is 5.97 Å². The van der Waals surface area contributed by atoms with Crippen LogP contribution in [0.3, 0.4) is 0 Å². The summed E-state index contributed by atoms with van der Waals surface area (Å²) in [7, 11) is 6.87. The first-order valence-corrected chi connectivity index (χ1v) is 13.3. The van der Waals surface area contributed by atoms with Gasteiger partial charge < -0.3 is 23.7 Å². The molecule has 4 rings (SSSR count). The molecule has 4 aromatic rings. The Bertz CT molecular complexity index is 1460. The van der Waals surface area contributed by atoms with E-state index in [1.54, 1.807) is 21.3 Å². The van der Waals surface area contributed by atoms with Crippen molar-refractivity contribution in [1.29, 1.82) is 0 Å². The van der Waals surface area contributed by atoms with Crippen LogP contribution in [0, 0.1) is 0 Å². The number of carbonyl (C=O) groups excluding carboxylic acids is 1. The largest absolute Gasteiger partial charge is 0.493 e. The molecule has 38 heavy (non-hydrogen) atoms. The van der Waals surface area contributed by atoms with Crippen LogP contribution in [0.25, 0.3) is 32.4 Å². The lowest BCUT2D eigenvalue weighted by atomic mass is 9.99. The Balaban J connectivity index is 1.86. The van der Waals surface area contributed by atoms with Gasteiger partial charge in [0.1, 0.15) is 12.8 Å². The number of unbranched alkanes of at least 4 members (excludes halogenated alkanes) is 4. The van der Waals surface area contributed by atoms with Crippen LogP contribution < -0.4 is 28.3 Å². The summed E-state index contributed by atoms with van der Waals surface area (Å²) in [4.78, 5) is 12.7. The van der Waals surface area contributed by atoms with Crippen LogP contribution in [-0.2, 0) is 11.8 Å². The Labute approximate surface area is 224 Å². The fourth-order valence-corrected chi connectivity index (χ4v) is 5.04. The molecule has 0 N–H and O–H groups in total. The quantitative estimate of drug-likeness (QED) is 0.0684. The predicted octanol–water partition coefficient (Wildman–Crippen LogP) is 6.66. The van der Waals surface area contributed by atoms with Crippen molar-refractivity contribution < 1.29 is 33.0 Å². The predicted molar refractivity (Wildman–Crippen MR) is 150 cm³/mol. The van der Waals surface area contributed by atoms with E-state index in [1.807, 2.05) is 44.3 Å². The molecule has 0 saturated heterocycles. The molecule has 0 aliphatic heterocycles. The molecule has 0 radical (unpaired) electrons. The number of hydrogen-bond donors (Lipinski definition) is 0. The number of hydrogen-bond acceptors (Lipinski definition) is 6. The second-order valence-corrected chi connectivity index (χ2v) is 9.43. The average Bonchev–Trinajstić information content (AvgIpc) is 2.92. The second kappa shape index (κ2) is 12.2. The van der Waals surface area contributed by atoms with Crippen molar-refractivity contribution in [2.75, 3.05) is 27.9 Å². The molecule has 0 saturated carbocycles. The van der Waals surface area contributed by atoms with Crippen molar-refractivity contribution in [3.05, 3.63) is 36.5 Å². The number of methoxy groups -OCH3 is 3. The SMILES string of the molecule is CCCCCCCC(=O)Oc1cc2c(OCC)cc3c4cc(OC)c(OC)cc4c[n+](C)c3c2cc1OC. The van der Waals surface area contributed by atoms with Crippen molar-refractivity contribution in [3.8, 4) is 28.7 Å². The van der Waals surface area contributed by atoms with E-state index >= 15 is 0 Å². The molecular weight excluding hydrogens is 482 g/mol. The lowest BCUT2D eigenvalue weighted by molar-refractivity contribution is -0.642. The first-order chi connectivity index (χ1) is 18.4. The van der Waals surface area contributed by atoms with E-state index in [9.17, 15) is 4.79 Å². The molecule has 0 bridgehead atoms. The highest BCUT2D eigenvalue weighted by atomic mass is 16.6. The highest BCUT2D eigenvalue weighted by Gasteiger charge is 2.23. The van der Waals surface area contributed by atoms with Crippen molar-refractivity contribution in [2.45, 2.75) is 52.4 Å². The zero-order valence-corrected chi connectivity index (χ0v) is 23.3. The van der Waals surface area contributed by atoms with Gasteiger partial charge in [-0.05, 0) is 43.7 Å². The number of aromatic nitrogens is 1.